The first-order chi connectivity index (χ1) is 11.9. The van der Waals surface area contributed by atoms with E-state index in [0.29, 0.717) is 17.3 Å². The van der Waals surface area contributed by atoms with Crippen LogP contribution >= 0.6 is 11.6 Å². The summed E-state index contributed by atoms with van der Waals surface area (Å²) in [5, 5.41) is 4.42. The van der Waals surface area contributed by atoms with Crippen molar-refractivity contribution in [2.24, 2.45) is 0 Å². The van der Waals surface area contributed by atoms with Gasteiger partial charge in [-0.05, 0) is 25.1 Å². The van der Waals surface area contributed by atoms with Gasteiger partial charge in [-0.25, -0.2) is 0 Å². The van der Waals surface area contributed by atoms with Gasteiger partial charge in [0, 0.05) is 35.3 Å². The molecule has 7 heteroatoms. The lowest BCUT2D eigenvalue weighted by Gasteiger charge is -2.39. The summed E-state index contributed by atoms with van der Waals surface area (Å²) < 4.78 is 5.20. The van der Waals surface area contributed by atoms with Crippen LogP contribution in [-0.4, -0.2) is 41.0 Å². The maximum Gasteiger partial charge on any atom is 0.276 e. The number of hydrogen-bond donors (Lipinski definition) is 0. The standard InChI is InChI=1S/C18H20ClN3O3/c1-11(2)16-8-15(20-25-16)18(24)21-10-17(23)22(9-12(21)3)14-6-4-5-13(19)7-14/h4-8,11-12H,9-10H2,1-3H3/t12-/m1/s1. The molecule has 0 N–H and O–H groups in total. The van der Waals surface area contributed by atoms with Gasteiger partial charge in [-0.15, -0.1) is 0 Å². The number of piperazine rings is 1. The van der Waals surface area contributed by atoms with Crippen LogP contribution in [0.4, 0.5) is 5.69 Å². The van der Waals surface area contributed by atoms with Crippen LogP contribution in [0.3, 0.4) is 0 Å². The third-order valence-corrected chi connectivity index (χ3v) is 4.52. The molecule has 1 atom stereocenters. The molecule has 2 aromatic rings. The van der Waals surface area contributed by atoms with Crippen LogP contribution in [-0.2, 0) is 4.79 Å². The normalized spacial score (nSPS) is 18.1. The second-order valence-electron chi connectivity index (χ2n) is 6.54. The molecule has 6 nitrogen and oxygen atoms in total. The maximum atomic E-state index is 12.7. The van der Waals surface area contributed by atoms with Gasteiger partial charge in [-0.3, -0.25) is 9.59 Å². The zero-order valence-electron chi connectivity index (χ0n) is 14.4. The second-order valence-corrected chi connectivity index (χ2v) is 6.97. The molecule has 0 saturated carbocycles. The van der Waals surface area contributed by atoms with Crippen LogP contribution in [0.2, 0.25) is 5.02 Å². The summed E-state index contributed by atoms with van der Waals surface area (Å²) in [6.45, 7) is 6.23. The van der Waals surface area contributed by atoms with Gasteiger partial charge >= 0.3 is 0 Å². The first kappa shape index (κ1) is 17.5. The van der Waals surface area contributed by atoms with Crippen LogP contribution < -0.4 is 4.90 Å². The molecule has 1 aliphatic rings. The molecule has 1 fully saturated rings. The van der Waals surface area contributed by atoms with Crippen molar-refractivity contribution in [2.75, 3.05) is 18.0 Å². The highest BCUT2D eigenvalue weighted by molar-refractivity contribution is 6.30. The van der Waals surface area contributed by atoms with Crippen molar-refractivity contribution in [1.29, 1.82) is 0 Å². The number of amides is 2. The van der Waals surface area contributed by atoms with E-state index >= 15 is 0 Å². The molecule has 25 heavy (non-hydrogen) atoms. The Hall–Kier alpha value is -2.34. The minimum absolute atomic E-state index is 0.00359. The number of carbonyl (C=O) groups excluding carboxylic acids is 2. The van der Waals surface area contributed by atoms with Gasteiger partial charge in [0.25, 0.3) is 5.91 Å². The van der Waals surface area contributed by atoms with Gasteiger partial charge in [-0.1, -0.05) is 36.7 Å². The van der Waals surface area contributed by atoms with E-state index in [-0.39, 0.29) is 36.0 Å². The summed E-state index contributed by atoms with van der Waals surface area (Å²) in [4.78, 5) is 28.4. The number of benzene rings is 1. The lowest BCUT2D eigenvalue weighted by Crippen LogP contribution is -2.57. The number of nitrogens with zero attached hydrogens (tertiary/aromatic N) is 3. The molecule has 0 spiro atoms. The molecule has 1 aliphatic heterocycles. The quantitative estimate of drug-likeness (QED) is 0.841. The third-order valence-electron chi connectivity index (χ3n) is 4.28. The Balaban J connectivity index is 1.77. The van der Waals surface area contributed by atoms with Gasteiger partial charge in [0.2, 0.25) is 5.91 Å². The summed E-state index contributed by atoms with van der Waals surface area (Å²) in [7, 11) is 0. The average molecular weight is 362 g/mol. The van der Waals surface area contributed by atoms with Crippen LogP contribution in [0, 0.1) is 0 Å². The summed E-state index contributed by atoms with van der Waals surface area (Å²) in [5.74, 6) is 0.358. The average Bonchev–Trinajstić information content (AvgIpc) is 3.06. The highest BCUT2D eigenvalue weighted by Gasteiger charge is 2.35. The molecule has 1 aromatic carbocycles. The summed E-state index contributed by atoms with van der Waals surface area (Å²) >= 11 is 6.01. The van der Waals surface area contributed by atoms with E-state index in [1.54, 1.807) is 29.2 Å². The number of carbonyl (C=O) groups is 2. The monoisotopic (exact) mass is 361 g/mol. The Labute approximate surface area is 151 Å². The van der Waals surface area contributed by atoms with E-state index in [9.17, 15) is 9.59 Å². The zero-order chi connectivity index (χ0) is 18.1. The molecule has 2 amide bonds. The van der Waals surface area contributed by atoms with Crippen molar-refractivity contribution >= 4 is 29.1 Å². The number of halogens is 1. The summed E-state index contributed by atoms with van der Waals surface area (Å²) in [6, 6.07) is 8.64. The molecular formula is C18H20ClN3O3. The third kappa shape index (κ3) is 3.54. The number of hydrogen-bond acceptors (Lipinski definition) is 4. The minimum Gasteiger partial charge on any atom is -0.360 e. The predicted octanol–water partition coefficient (Wildman–Crippen LogP) is 3.33. The van der Waals surface area contributed by atoms with Crippen LogP contribution in [0.15, 0.2) is 34.9 Å². The Morgan fingerprint density at radius 3 is 2.76 bits per heavy atom. The molecule has 1 aromatic heterocycles. The first-order valence-corrected chi connectivity index (χ1v) is 8.58. The zero-order valence-corrected chi connectivity index (χ0v) is 15.2. The summed E-state index contributed by atoms with van der Waals surface area (Å²) in [6.07, 6.45) is 0. The van der Waals surface area contributed by atoms with Gasteiger partial charge in [0.05, 0.1) is 0 Å². The van der Waals surface area contributed by atoms with Crippen molar-refractivity contribution < 1.29 is 14.1 Å². The van der Waals surface area contributed by atoms with E-state index in [2.05, 4.69) is 5.16 Å². The van der Waals surface area contributed by atoms with Crippen molar-refractivity contribution in [3.8, 4) is 0 Å². The fraction of sp³-hybridized carbons (Fsp3) is 0.389. The van der Waals surface area contributed by atoms with Gasteiger partial charge in [0.1, 0.15) is 12.3 Å². The largest absolute Gasteiger partial charge is 0.360 e. The molecule has 0 bridgehead atoms. The van der Waals surface area contributed by atoms with Crippen molar-refractivity contribution in [3.05, 3.63) is 46.8 Å². The van der Waals surface area contributed by atoms with E-state index in [4.69, 9.17) is 16.1 Å². The van der Waals surface area contributed by atoms with Crippen LogP contribution in [0.1, 0.15) is 42.9 Å². The highest BCUT2D eigenvalue weighted by atomic mass is 35.5. The van der Waals surface area contributed by atoms with Gasteiger partial charge in [-0.2, -0.15) is 0 Å². The second kappa shape index (κ2) is 6.88. The van der Waals surface area contributed by atoms with Crippen LogP contribution in [0.5, 0.6) is 0 Å². The lowest BCUT2D eigenvalue weighted by atomic mass is 10.1. The molecule has 0 aliphatic carbocycles. The fourth-order valence-electron chi connectivity index (χ4n) is 2.83. The minimum atomic E-state index is -0.290. The summed E-state index contributed by atoms with van der Waals surface area (Å²) in [5.41, 5.74) is 0.972. The first-order valence-electron chi connectivity index (χ1n) is 8.20. The van der Waals surface area contributed by atoms with Crippen molar-refractivity contribution in [2.45, 2.75) is 32.7 Å². The Bertz CT molecular complexity index is 802. The van der Waals surface area contributed by atoms with E-state index in [0.717, 1.165) is 5.69 Å². The SMILES string of the molecule is CC(C)c1cc(C(=O)N2CC(=O)N(c3cccc(Cl)c3)C[C@H]2C)no1. The van der Waals surface area contributed by atoms with E-state index in [1.807, 2.05) is 26.8 Å². The van der Waals surface area contributed by atoms with Gasteiger partial charge in [0.15, 0.2) is 5.69 Å². The number of aromatic nitrogens is 1. The Morgan fingerprint density at radius 2 is 2.12 bits per heavy atom. The van der Waals surface area contributed by atoms with Crippen LogP contribution in [0.25, 0.3) is 0 Å². The topological polar surface area (TPSA) is 66.7 Å². The van der Waals surface area contributed by atoms with E-state index < -0.39 is 0 Å². The lowest BCUT2D eigenvalue weighted by molar-refractivity contribution is -0.121. The Kier molecular flexibility index (Phi) is 4.81. The van der Waals surface area contributed by atoms with E-state index in [1.165, 1.54) is 4.90 Å². The Morgan fingerprint density at radius 1 is 1.36 bits per heavy atom. The van der Waals surface area contributed by atoms with Gasteiger partial charge < -0.3 is 14.3 Å². The molecular weight excluding hydrogens is 342 g/mol. The smallest absolute Gasteiger partial charge is 0.276 e. The van der Waals surface area contributed by atoms with Crippen molar-refractivity contribution in [1.82, 2.24) is 10.1 Å². The maximum absolute atomic E-state index is 12.7. The molecule has 0 unspecified atom stereocenters. The molecule has 2 heterocycles. The molecule has 1 saturated heterocycles. The fourth-order valence-corrected chi connectivity index (χ4v) is 3.01. The predicted molar refractivity (Wildman–Crippen MR) is 94.9 cm³/mol. The highest BCUT2D eigenvalue weighted by Crippen LogP contribution is 2.24. The van der Waals surface area contributed by atoms with Crippen molar-refractivity contribution in [3.63, 3.8) is 0 Å². The molecule has 0 radical (unpaired) electrons. The number of anilines is 1. The molecule has 132 valence electrons. The molecule has 3 rings (SSSR count). The number of rotatable bonds is 3.